The van der Waals surface area contributed by atoms with Gasteiger partial charge >= 0.3 is 0 Å². The zero-order valence-electron chi connectivity index (χ0n) is 8.41. The van der Waals surface area contributed by atoms with E-state index in [1.807, 2.05) is 12.1 Å². The Balaban J connectivity index is 2.14. The molecule has 0 radical (unpaired) electrons. The largest absolute Gasteiger partial charge is 0.310 e. The van der Waals surface area contributed by atoms with Crippen LogP contribution in [-0.2, 0) is 0 Å². The van der Waals surface area contributed by atoms with E-state index in [2.05, 4.69) is 39.4 Å². The summed E-state index contributed by atoms with van der Waals surface area (Å²) in [7, 11) is 0. The highest BCUT2D eigenvalue weighted by molar-refractivity contribution is 9.10. The number of nitrogens with zero attached hydrogens (tertiary/aromatic N) is 1. The van der Waals surface area contributed by atoms with E-state index in [1.165, 1.54) is 5.56 Å². The van der Waals surface area contributed by atoms with Gasteiger partial charge in [-0.05, 0) is 37.1 Å². The average Bonchev–Trinajstić information content (AvgIpc) is 2.29. The number of hydrogen-bond donors (Lipinski definition) is 1. The molecule has 2 nitrogen and oxygen atoms in total. The topological polar surface area (TPSA) is 35.8 Å². The van der Waals surface area contributed by atoms with E-state index in [0.29, 0.717) is 6.04 Å². The maximum atomic E-state index is 8.92. The predicted molar refractivity (Wildman–Crippen MR) is 63.2 cm³/mol. The predicted octanol–water partition coefficient (Wildman–Crippen LogP) is 3.01. The van der Waals surface area contributed by atoms with Crippen LogP contribution in [0.4, 0.5) is 0 Å². The van der Waals surface area contributed by atoms with Crippen molar-refractivity contribution in [1.29, 1.82) is 5.26 Å². The molecule has 0 aromatic heterocycles. The molecule has 0 aliphatic carbocycles. The van der Waals surface area contributed by atoms with Crippen LogP contribution in [-0.4, -0.2) is 6.54 Å². The van der Waals surface area contributed by atoms with Crippen molar-refractivity contribution in [2.75, 3.05) is 6.54 Å². The van der Waals surface area contributed by atoms with Gasteiger partial charge in [-0.3, -0.25) is 0 Å². The Morgan fingerprint density at radius 1 is 1.47 bits per heavy atom. The van der Waals surface area contributed by atoms with Crippen LogP contribution in [0.2, 0.25) is 0 Å². The SMILES string of the molecule is N#CC1CCNC(c2cccc(Br)c2)C1. The van der Waals surface area contributed by atoms with Crippen LogP contribution in [0.3, 0.4) is 0 Å². The second kappa shape index (κ2) is 4.78. The van der Waals surface area contributed by atoms with Gasteiger partial charge in [-0.1, -0.05) is 28.1 Å². The van der Waals surface area contributed by atoms with Gasteiger partial charge in [-0.15, -0.1) is 0 Å². The summed E-state index contributed by atoms with van der Waals surface area (Å²) in [6, 6.07) is 11.0. The first-order chi connectivity index (χ1) is 7.29. The number of benzene rings is 1. The molecule has 2 unspecified atom stereocenters. The lowest BCUT2D eigenvalue weighted by Gasteiger charge is -2.27. The van der Waals surface area contributed by atoms with Crippen molar-refractivity contribution >= 4 is 15.9 Å². The Kier molecular flexibility index (Phi) is 3.40. The van der Waals surface area contributed by atoms with Gasteiger partial charge in [0.15, 0.2) is 0 Å². The molecule has 78 valence electrons. The maximum absolute atomic E-state index is 8.92. The third-order valence-corrected chi connectivity index (χ3v) is 3.33. The van der Waals surface area contributed by atoms with E-state index < -0.39 is 0 Å². The van der Waals surface area contributed by atoms with Gasteiger partial charge in [0.05, 0.1) is 6.07 Å². The lowest BCUT2D eigenvalue weighted by Crippen LogP contribution is -2.31. The van der Waals surface area contributed by atoms with Crippen molar-refractivity contribution in [3.63, 3.8) is 0 Å². The third-order valence-electron chi connectivity index (χ3n) is 2.84. The standard InChI is InChI=1S/C12H13BrN2/c13-11-3-1-2-10(7-11)12-6-9(8-14)4-5-15-12/h1-3,7,9,12,15H,4-6H2. The first-order valence-electron chi connectivity index (χ1n) is 5.18. The normalized spacial score (nSPS) is 25.9. The Labute approximate surface area is 98.4 Å². The summed E-state index contributed by atoms with van der Waals surface area (Å²) >= 11 is 3.47. The molecule has 15 heavy (non-hydrogen) atoms. The van der Waals surface area contributed by atoms with Crippen LogP contribution in [0.15, 0.2) is 28.7 Å². The fourth-order valence-electron chi connectivity index (χ4n) is 2.01. The second-order valence-electron chi connectivity index (χ2n) is 3.91. The number of piperidine rings is 1. The molecular formula is C12H13BrN2. The van der Waals surface area contributed by atoms with Gasteiger partial charge < -0.3 is 5.32 Å². The molecule has 0 saturated carbocycles. The molecule has 0 spiro atoms. The maximum Gasteiger partial charge on any atom is 0.0657 e. The van der Waals surface area contributed by atoms with Crippen LogP contribution < -0.4 is 5.32 Å². The summed E-state index contributed by atoms with van der Waals surface area (Å²) in [5, 5.41) is 12.4. The van der Waals surface area contributed by atoms with E-state index in [-0.39, 0.29) is 5.92 Å². The van der Waals surface area contributed by atoms with Gasteiger partial charge in [0.1, 0.15) is 0 Å². The lowest BCUT2D eigenvalue weighted by atomic mass is 9.90. The number of nitrogens with one attached hydrogen (secondary N) is 1. The minimum atomic E-state index is 0.204. The lowest BCUT2D eigenvalue weighted by molar-refractivity contribution is 0.356. The Bertz CT molecular complexity index is 383. The van der Waals surface area contributed by atoms with Crippen LogP contribution in [0.25, 0.3) is 0 Å². The molecule has 1 aliphatic rings. The first kappa shape index (κ1) is 10.7. The van der Waals surface area contributed by atoms with Gasteiger partial charge in [-0.2, -0.15) is 5.26 Å². The molecule has 1 heterocycles. The van der Waals surface area contributed by atoms with Crippen LogP contribution >= 0.6 is 15.9 Å². The van der Waals surface area contributed by atoms with Crippen molar-refractivity contribution in [1.82, 2.24) is 5.32 Å². The molecule has 2 atom stereocenters. The van der Waals surface area contributed by atoms with Crippen molar-refractivity contribution in [2.45, 2.75) is 18.9 Å². The fraction of sp³-hybridized carbons (Fsp3) is 0.417. The summed E-state index contributed by atoms with van der Waals surface area (Å²) in [5.74, 6) is 0.204. The second-order valence-corrected chi connectivity index (χ2v) is 4.83. The fourth-order valence-corrected chi connectivity index (χ4v) is 2.43. The van der Waals surface area contributed by atoms with Gasteiger partial charge in [0.2, 0.25) is 0 Å². The van der Waals surface area contributed by atoms with Gasteiger partial charge in [0, 0.05) is 16.4 Å². The molecule has 1 saturated heterocycles. The molecule has 0 amide bonds. The summed E-state index contributed by atoms with van der Waals surface area (Å²) in [4.78, 5) is 0. The molecule has 1 aromatic rings. The third kappa shape index (κ3) is 2.58. The zero-order valence-corrected chi connectivity index (χ0v) is 10.00. The molecular weight excluding hydrogens is 252 g/mol. The van der Waals surface area contributed by atoms with Crippen molar-refractivity contribution in [2.24, 2.45) is 5.92 Å². The number of rotatable bonds is 1. The molecule has 0 bridgehead atoms. The molecule has 1 aromatic carbocycles. The highest BCUT2D eigenvalue weighted by Crippen LogP contribution is 2.28. The summed E-state index contributed by atoms with van der Waals surface area (Å²) in [5.41, 5.74) is 1.27. The minimum absolute atomic E-state index is 0.204. The molecule has 2 rings (SSSR count). The number of hydrogen-bond acceptors (Lipinski definition) is 2. The number of nitriles is 1. The summed E-state index contributed by atoms with van der Waals surface area (Å²) in [6.07, 6.45) is 1.90. The molecule has 3 heteroatoms. The van der Waals surface area contributed by atoms with Crippen LogP contribution in [0.5, 0.6) is 0 Å². The van der Waals surface area contributed by atoms with E-state index >= 15 is 0 Å². The van der Waals surface area contributed by atoms with Crippen LogP contribution in [0.1, 0.15) is 24.4 Å². The zero-order chi connectivity index (χ0) is 10.7. The van der Waals surface area contributed by atoms with Crippen molar-refractivity contribution in [3.05, 3.63) is 34.3 Å². The van der Waals surface area contributed by atoms with Gasteiger partial charge in [-0.25, -0.2) is 0 Å². The average molecular weight is 265 g/mol. The van der Waals surface area contributed by atoms with E-state index in [0.717, 1.165) is 23.9 Å². The molecule has 1 N–H and O–H groups in total. The van der Waals surface area contributed by atoms with Crippen molar-refractivity contribution < 1.29 is 0 Å². The van der Waals surface area contributed by atoms with Crippen molar-refractivity contribution in [3.8, 4) is 6.07 Å². The quantitative estimate of drug-likeness (QED) is 0.847. The minimum Gasteiger partial charge on any atom is -0.310 e. The smallest absolute Gasteiger partial charge is 0.0657 e. The summed E-state index contributed by atoms with van der Waals surface area (Å²) < 4.78 is 1.10. The van der Waals surface area contributed by atoms with E-state index in [9.17, 15) is 0 Å². The number of halogens is 1. The Morgan fingerprint density at radius 3 is 3.07 bits per heavy atom. The van der Waals surface area contributed by atoms with Gasteiger partial charge in [0.25, 0.3) is 0 Å². The highest BCUT2D eigenvalue weighted by Gasteiger charge is 2.22. The highest BCUT2D eigenvalue weighted by atomic mass is 79.9. The first-order valence-corrected chi connectivity index (χ1v) is 5.97. The Hall–Kier alpha value is -0.850. The van der Waals surface area contributed by atoms with Crippen LogP contribution in [0, 0.1) is 17.2 Å². The molecule has 1 aliphatic heterocycles. The Morgan fingerprint density at radius 2 is 2.33 bits per heavy atom. The monoisotopic (exact) mass is 264 g/mol. The summed E-state index contributed by atoms with van der Waals surface area (Å²) in [6.45, 7) is 0.940. The van der Waals surface area contributed by atoms with E-state index in [1.54, 1.807) is 0 Å². The van der Waals surface area contributed by atoms with E-state index in [4.69, 9.17) is 5.26 Å². The molecule has 1 fully saturated rings.